The summed E-state index contributed by atoms with van der Waals surface area (Å²) in [4.78, 5) is 0. The monoisotopic (exact) mass is 279 g/mol. The van der Waals surface area contributed by atoms with Gasteiger partial charge in [-0.05, 0) is 26.7 Å². The quantitative estimate of drug-likeness (QED) is 0.796. The average Bonchev–Trinajstić information content (AvgIpc) is 2.44. The fourth-order valence-corrected chi connectivity index (χ4v) is 2.66. The van der Waals surface area contributed by atoms with Crippen LogP contribution in [0.5, 0.6) is 0 Å². The van der Waals surface area contributed by atoms with Crippen molar-refractivity contribution < 1.29 is 8.42 Å². The zero-order valence-corrected chi connectivity index (χ0v) is 12.3. The van der Waals surface area contributed by atoms with Crippen molar-refractivity contribution >= 4 is 19.7 Å². The Labute approximate surface area is 107 Å². The minimum atomic E-state index is -3.87. The van der Waals surface area contributed by atoms with E-state index in [1.54, 1.807) is 4.57 Å². The van der Waals surface area contributed by atoms with Crippen LogP contribution in [0.25, 0.3) is 0 Å². The second-order valence-corrected chi connectivity index (χ2v) is 7.90. The van der Waals surface area contributed by atoms with E-state index in [9.17, 15) is 8.42 Å². The predicted octanol–water partition coefficient (Wildman–Crippen LogP) is 2.16. The Morgan fingerprint density at radius 3 is 2.18 bits per heavy atom. The lowest BCUT2D eigenvalue weighted by Crippen LogP contribution is -2.27. The summed E-state index contributed by atoms with van der Waals surface area (Å²) >= 11 is 0. The Bertz CT molecular complexity index is 500. The molecule has 0 spiro atoms. The normalized spacial score (nSPS) is 13.4. The van der Waals surface area contributed by atoms with Crippen molar-refractivity contribution in [2.45, 2.75) is 51.7 Å². The molecule has 0 N–H and O–H groups in total. The Morgan fingerprint density at radius 1 is 1.29 bits per heavy atom. The van der Waals surface area contributed by atoms with Crippen LogP contribution in [0.15, 0.2) is 5.16 Å². The van der Waals surface area contributed by atoms with Gasteiger partial charge in [0.1, 0.15) is 5.82 Å². The Balaban J connectivity index is 3.42. The number of hydrogen-bond acceptors (Lipinski definition) is 4. The zero-order chi connectivity index (χ0) is 13.4. The van der Waals surface area contributed by atoms with Crippen molar-refractivity contribution in [3.63, 3.8) is 0 Å². The molecule has 0 saturated carbocycles. The second kappa shape index (κ2) is 4.57. The summed E-state index contributed by atoms with van der Waals surface area (Å²) in [6.07, 6.45) is 0.663. The minimum Gasteiger partial charge on any atom is -0.295 e. The summed E-state index contributed by atoms with van der Waals surface area (Å²) in [5.74, 6) is 1.01. The van der Waals surface area contributed by atoms with Crippen molar-refractivity contribution in [3.05, 3.63) is 5.82 Å². The van der Waals surface area contributed by atoms with Gasteiger partial charge in [0.05, 0.1) is 0 Å². The molecule has 0 fully saturated rings. The largest absolute Gasteiger partial charge is 0.296 e. The molecule has 5 nitrogen and oxygen atoms in total. The molecule has 0 aliphatic carbocycles. The van der Waals surface area contributed by atoms with E-state index in [1.165, 1.54) is 0 Å². The molecule has 0 aliphatic rings. The van der Waals surface area contributed by atoms with E-state index in [2.05, 4.69) is 10.2 Å². The maximum absolute atomic E-state index is 11.4. The van der Waals surface area contributed by atoms with E-state index < -0.39 is 14.6 Å². The van der Waals surface area contributed by atoms with Gasteiger partial charge in [-0.3, -0.25) is 4.57 Å². The molecule has 17 heavy (non-hydrogen) atoms. The van der Waals surface area contributed by atoms with Crippen LogP contribution in [0.1, 0.15) is 40.4 Å². The molecular weight excluding hydrogens is 262 g/mol. The van der Waals surface area contributed by atoms with Gasteiger partial charge in [0.25, 0.3) is 14.2 Å². The van der Waals surface area contributed by atoms with Crippen LogP contribution in [0.3, 0.4) is 0 Å². The van der Waals surface area contributed by atoms with E-state index in [4.69, 9.17) is 10.7 Å². The SMILES string of the molecule is CC(C)Cc1nnc(S(=O)(=O)Cl)n1C(C)(C)C. The van der Waals surface area contributed by atoms with Crippen molar-refractivity contribution in [2.24, 2.45) is 5.92 Å². The third kappa shape index (κ3) is 3.42. The van der Waals surface area contributed by atoms with Crippen LogP contribution in [-0.4, -0.2) is 23.2 Å². The molecule has 98 valence electrons. The first-order valence-electron chi connectivity index (χ1n) is 5.43. The highest BCUT2D eigenvalue weighted by atomic mass is 35.7. The predicted molar refractivity (Wildman–Crippen MR) is 66.6 cm³/mol. The molecule has 1 aromatic heterocycles. The summed E-state index contributed by atoms with van der Waals surface area (Å²) in [5, 5.41) is 7.46. The standard InChI is InChI=1S/C10H18ClN3O2S/c1-7(2)6-8-12-13-9(17(11,15)16)14(8)10(3,4)5/h7H,6H2,1-5H3. The topological polar surface area (TPSA) is 64.8 Å². The van der Waals surface area contributed by atoms with Gasteiger partial charge in [0.2, 0.25) is 0 Å². The summed E-state index contributed by atoms with van der Waals surface area (Å²) in [6.45, 7) is 9.76. The van der Waals surface area contributed by atoms with Crippen LogP contribution in [-0.2, 0) is 21.0 Å². The lowest BCUT2D eigenvalue weighted by atomic mass is 10.1. The maximum Gasteiger partial charge on any atom is 0.296 e. The third-order valence-corrected chi connectivity index (χ3v) is 3.29. The van der Waals surface area contributed by atoms with Crippen LogP contribution < -0.4 is 0 Å². The molecule has 0 aliphatic heterocycles. The first-order chi connectivity index (χ1) is 7.53. The van der Waals surface area contributed by atoms with Gasteiger partial charge in [-0.1, -0.05) is 13.8 Å². The van der Waals surface area contributed by atoms with Gasteiger partial charge >= 0.3 is 0 Å². The average molecular weight is 280 g/mol. The Morgan fingerprint density at radius 2 is 1.82 bits per heavy atom. The molecule has 1 aromatic rings. The lowest BCUT2D eigenvalue weighted by molar-refractivity contribution is 0.345. The number of aromatic nitrogens is 3. The number of halogens is 1. The van der Waals surface area contributed by atoms with Crippen LogP contribution >= 0.6 is 10.7 Å². The van der Waals surface area contributed by atoms with E-state index in [0.29, 0.717) is 18.2 Å². The summed E-state index contributed by atoms with van der Waals surface area (Å²) in [6, 6.07) is 0. The molecule has 0 unspecified atom stereocenters. The van der Waals surface area contributed by atoms with Gasteiger partial charge in [-0.2, -0.15) is 0 Å². The van der Waals surface area contributed by atoms with E-state index >= 15 is 0 Å². The first-order valence-corrected chi connectivity index (χ1v) is 7.74. The molecule has 0 radical (unpaired) electrons. The first kappa shape index (κ1) is 14.4. The molecule has 0 amide bonds. The van der Waals surface area contributed by atoms with Gasteiger partial charge in [0.15, 0.2) is 0 Å². The number of rotatable bonds is 3. The zero-order valence-electron chi connectivity index (χ0n) is 10.7. The smallest absolute Gasteiger partial charge is 0.295 e. The summed E-state index contributed by atoms with van der Waals surface area (Å²) in [7, 11) is 1.50. The molecule has 0 saturated heterocycles. The highest BCUT2D eigenvalue weighted by Crippen LogP contribution is 2.24. The van der Waals surface area contributed by atoms with E-state index in [0.717, 1.165) is 0 Å². The molecule has 7 heteroatoms. The molecule has 1 rings (SSSR count). The van der Waals surface area contributed by atoms with Crippen LogP contribution in [0.2, 0.25) is 0 Å². The van der Waals surface area contributed by atoms with E-state index in [-0.39, 0.29) is 5.16 Å². The fourth-order valence-electron chi connectivity index (χ4n) is 1.63. The fraction of sp³-hybridized carbons (Fsp3) is 0.800. The third-order valence-electron chi connectivity index (χ3n) is 2.18. The lowest BCUT2D eigenvalue weighted by Gasteiger charge is -2.24. The molecule has 0 atom stereocenters. The maximum atomic E-state index is 11.4. The van der Waals surface area contributed by atoms with Crippen molar-refractivity contribution in [2.75, 3.05) is 0 Å². The second-order valence-electron chi connectivity index (χ2n) is 5.44. The van der Waals surface area contributed by atoms with E-state index in [1.807, 2.05) is 34.6 Å². The van der Waals surface area contributed by atoms with Crippen molar-refractivity contribution in [1.82, 2.24) is 14.8 Å². The summed E-state index contributed by atoms with van der Waals surface area (Å²) in [5.41, 5.74) is -0.426. The molecule has 0 bridgehead atoms. The number of hydrogen-bond donors (Lipinski definition) is 0. The van der Waals surface area contributed by atoms with Crippen LogP contribution in [0.4, 0.5) is 0 Å². The van der Waals surface area contributed by atoms with Crippen LogP contribution in [0, 0.1) is 5.92 Å². The molecular formula is C10H18ClN3O2S. The highest BCUT2D eigenvalue weighted by molar-refractivity contribution is 8.13. The summed E-state index contributed by atoms with van der Waals surface area (Å²) < 4.78 is 24.5. The Hall–Kier alpha value is -0.620. The highest BCUT2D eigenvalue weighted by Gasteiger charge is 2.29. The van der Waals surface area contributed by atoms with Crippen molar-refractivity contribution in [1.29, 1.82) is 0 Å². The minimum absolute atomic E-state index is 0.178. The van der Waals surface area contributed by atoms with Gasteiger partial charge in [-0.25, -0.2) is 8.42 Å². The number of nitrogens with zero attached hydrogens (tertiary/aromatic N) is 3. The van der Waals surface area contributed by atoms with Gasteiger partial charge in [0, 0.05) is 22.6 Å². The molecule has 1 heterocycles. The van der Waals surface area contributed by atoms with Gasteiger partial charge in [-0.15, -0.1) is 10.2 Å². The van der Waals surface area contributed by atoms with Gasteiger partial charge < -0.3 is 0 Å². The Kier molecular flexibility index (Phi) is 3.88. The van der Waals surface area contributed by atoms with Crippen molar-refractivity contribution in [3.8, 4) is 0 Å². The molecule has 0 aromatic carbocycles.